The molecule has 0 atom stereocenters. The van der Waals surface area contributed by atoms with Crippen molar-refractivity contribution in [2.75, 3.05) is 0 Å². The summed E-state index contributed by atoms with van der Waals surface area (Å²) in [4.78, 5) is 4.45. The summed E-state index contributed by atoms with van der Waals surface area (Å²) in [7, 11) is 0. The van der Waals surface area contributed by atoms with Crippen molar-refractivity contribution in [1.29, 1.82) is 0 Å². The minimum atomic E-state index is -0.614. The fourth-order valence-electron chi connectivity index (χ4n) is 1.32. The van der Waals surface area contributed by atoms with E-state index < -0.39 is 21.1 Å². The second-order valence-electron chi connectivity index (χ2n) is 3.65. The monoisotopic (exact) mass is 325 g/mol. The van der Waals surface area contributed by atoms with Crippen LogP contribution in [0.3, 0.4) is 0 Å². The molecule has 0 spiro atoms. The molecule has 0 saturated carbocycles. The molecule has 3 nitrogen and oxygen atoms in total. The Morgan fingerprint density at radius 1 is 1.44 bits per heavy atom. The molecule has 4 N–H and O–H groups in total. The van der Waals surface area contributed by atoms with Crippen molar-refractivity contribution >= 4 is 30.7 Å². The molecule has 1 rings (SSSR count). The maximum absolute atomic E-state index is 5.93. The second kappa shape index (κ2) is 7.68. The summed E-state index contributed by atoms with van der Waals surface area (Å²) in [5.41, 5.74) is 13.6. The molecule has 0 aromatic heterocycles. The van der Waals surface area contributed by atoms with E-state index in [9.17, 15) is 0 Å². The van der Waals surface area contributed by atoms with E-state index >= 15 is 0 Å². The van der Waals surface area contributed by atoms with Gasteiger partial charge in [-0.15, -0.1) is 0 Å². The SMILES string of the molecule is CCC[CH2][Sn][C](N)=Nc1cccc(CN)c1. The van der Waals surface area contributed by atoms with E-state index in [2.05, 4.69) is 11.9 Å². The zero-order chi connectivity index (χ0) is 11.8. The summed E-state index contributed by atoms with van der Waals surface area (Å²) in [6.07, 6.45) is 2.53. The fraction of sp³-hybridized carbons (Fsp3) is 0.417. The molecule has 16 heavy (non-hydrogen) atoms. The van der Waals surface area contributed by atoms with Crippen LogP contribution in [0, 0.1) is 0 Å². The van der Waals surface area contributed by atoms with Crippen LogP contribution in [0.4, 0.5) is 5.69 Å². The van der Waals surface area contributed by atoms with E-state index in [4.69, 9.17) is 11.5 Å². The molecule has 0 aliphatic heterocycles. The van der Waals surface area contributed by atoms with Crippen LogP contribution in [0.25, 0.3) is 0 Å². The van der Waals surface area contributed by atoms with E-state index in [-0.39, 0.29) is 0 Å². The molecule has 4 heteroatoms. The number of hydrogen-bond donors (Lipinski definition) is 2. The van der Waals surface area contributed by atoms with Gasteiger partial charge in [0.2, 0.25) is 0 Å². The van der Waals surface area contributed by atoms with E-state index in [1.807, 2.05) is 24.3 Å². The van der Waals surface area contributed by atoms with Gasteiger partial charge in [0.1, 0.15) is 0 Å². The van der Waals surface area contributed by atoms with E-state index in [0.717, 1.165) is 15.1 Å². The van der Waals surface area contributed by atoms with Crippen molar-refractivity contribution in [2.24, 2.45) is 16.5 Å². The molecule has 1 aromatic carbocycles. The van der Waals surface area contributed by atoms with Crippen LogP contribution in [0.15, 0.2) is 29.3 Å². The van der Waals surface area contributed by atoms with Gasteiger partial charge in [0.15, 0.2) is 0 Å². The van der Waals surface area contributed by atoms with Gasteiger partial charge in [0.25, 0.3) is 0 Å². The van der Waals surface area contributed by atoms with E-state index in [1.54, 1.807) is 0 Å². The first-order valence-electron chi connectivity index (χ1n) is 5.63. The van der Waals surface area contributed by atoms with Crippen LogP contribution in [0.1, 0.15) is 25.3 Å². The Kier molecular flexibility index (Phi) is 6.48. The number of rotatable bonds is 6. The number of amidine groups is 1. The number of unbranched alkanes of at least 4 members (excludes halogenated alkanes) is 1. The van der Waals surface area contributed by atoms with Crippen LogP contribution in [-0.2, 0) is 6.54 Å². The van der Waals surface area contributed by atoms with Crippen LogP contribution in [-0.4, -0.2) is 25.0 Å². The second-order valence-corrected chi connectivity index (χ2v) is 7.55. The van der Waals surface area contributed by atoms with E-state index in [1.165, 1.54) is 17.3 Å². The van der Waals surface area contributed by atoms with Crippen molar-refractivity contribution in [1.82, 2.24) is 0 Å². The van der Waals surface area contributed by atoms with Crippen LogP contribution >= 0.6 is 0 Å². The molecule has 0 amide bonds. The molecule has 0 fully saturated rings. The molecule has 0 unspecified atom stereocenters. The zero-order valence-corrected chi connectivity index (χ0v) is 12.6. The van der Waals surface area contributed by atoms with Crippen molar-refractivity contribution in [3.05, 3.63) is 29.8 Å². The van der Waals surface area contributed by atoms with Gasteiger partial charge in [-0.05, 0) is 0 Å². The Morgan fingerprint density at radius 3 is 2.94 bits per heavy atom. The number of aliphatic imine (C=N–C) groups is 1. The first kappa shape index (κ1) is 13.5. The van der Waals surface area contributed by atoms with Gasteiger partial charge in [-0.3, -0.25) is 0 Å². The van der Waals surface area contributed by atoms with Gasteiger partial charge in [-0.25, -0.2) is 0 Å². The quantitative estimate of drug-likeness (QED) is 0.364. The molecular formula is C12H19N3Sn. The average Bonchev–Trinajstić information content (AvgIpc) is 2.29. The van der Waals surface area contributed by atoms with Crippen molar-refractivity contribution in [2.45, 2.75) is 30.7 Å². The first-order valence-corrected chi connectivity index (χ1v) is 9.07. The van der Waals surface area contributed by atoms with Crippen LogP contribution in [0.2, 0.25) is 4.44 Å². The summed E-state index contributed by atoms with van der Waals surface area (Å²) in [5.74, 6) is 0. The first-order chi connectivity index (χ1) is 7.76. The summed E-state index contributed by atoms with van der Waals surface area (Å²) < 4.78 is 2.16. The Balaban J connectivity index is 2.58. The molecule has 2 radical (unpaired) electrons. The summed E-state index contributed by atoms with van der Waals surface area (Å²) >= 11 is -0.614. The molecule has 0 heterocycles. The van der Waals surface area contributed by atoms with Gasteiger partial charge in [0.05, 0.1) is 0 Å². The Bertz CT molecular complexity index is 350. The zero-order valence-electron chi connectivity index (χ0n) is 9.74. The average molecular weight is 324 g/mol. The molecule has 0 saturated heterocycles. The van der Waals surface area contributed by atoms with Gasteiger partial charge in [0, 0.05) is 0 Å². The molecule has 1 aromatic rings. The number of nitrogens with two attached hydrogens (primary N) is 2. The molecule has 0 bridgehead atoms. The van der Waals surface area contributed by atoms with Crippen molar-refractivity contribution in [3.63, 3.8) is 0 Å². The summed E-state index contributed by atoms with van der Waals surface area (Å²) in [6, 6.07) is 7.97. The van der Waals surface area contributed by atoms with E-state index in [0.29, 0.717) is 6.54 Å². The number of hydrogen-bond acceptors (Lipinski definition) is 2. The summed E-state index contributed by atoms with van der Waals surface area (Å²) in [5, 5.41) is 0. The maximum atomic E-state index is 5.93. The third-order valence-corrected chi connectivity index (χ3v) is 5.31. The van der Waals surface area contributed by atoms with Crippen molar-refractivity contribution in [3.8, 4) is 0 Å². The standard InChI is InChI=1S/C8H10N3.C4H9.Sn/c9-5-7-2-1-3-8(4-7)11-6-10;1-3-4-2;/h1-4H,5,9H2,(H2,10,11);1,3-4H2,2H3;. The summed E-state index contributed by atoms with van der Waals surface area (Å²) in [6.45, 7) is 2.76. The topological polar surface area (TPSA) is 64.4 Å². The van der Waals surface area contributed by atoms with Crippen molar-refractivity contribution < 1.29 is 0 Å². The molecule has 0 aliphatic carbocycles. The Morgan fingerprint density at radius 2 is 2.25 bits per heavy atom. The number of nitrogens with zero attached hydrogens (tertiary/aromatic N) is 1. The van der Waals surface area contributed by atoms with Gasteiger partial charge >= 0.3 is 108 Å². The van der Waals surface area contributed by atoms with Gasteiger partial charge < -0.3 is 0 Å². The molecule has 86 valence electrons. The molecule has 0 aliphatic rings. The normalized spacial score (nSPS) is 11.8. The predicted octanol–water partition coefficient (Wildman–Crippen LogP) is 2.01. The van der Waals surface area contributed by atoms with Crippen LogP contribution < -0.4 is 11.5 Å². The molecular weight excluding hydrogens is 305 g/mol. The van der Waals surface area contributed by atoms with Gasteiger partial charge in [-0.1, -0.05) is 0 Å². The third-order valence-electron chi connectivity index (χ3n) is 2.23. The Hall–Kier alpha value is -0.551. The predicted molar refractivity (Wildman–Crippen MR) is 71.1 cm³/mol. The number of benzene rings is 1. The fourth-order valence-corrected chi connectivity index (χ4v) is 4.16. The Labute approximate surface area is 108 Å². The third kappa shape index (κ3) is 4.98. The van der Waals surface area contributed by atoms with Gasteiger partial charge in [-0.2, -0.15) is 0 Å². The minimum absolute atomic E-state index is 0.555. The van der Waals surface area contributed by atoms with Crippen LogP contribution in [0.5, 0.6) is 0 Å².